The minimum Gasteiger partial charge on any atom is -0.381 e. The van der Waals surface area contributed by atoms with Crippen LogP contribution in [0.1, 0.15) is 38.5 Å². The van der Waals surface area contributed by atoms with Crippen molar-refractivity contribution in [2.45, 2.75) is 44.1 Å². The molecule has 1 aliphatic carbocycles. The molecule has 0 saturated heterocycles. The summed E-state index contributed by atoms with van der Waals surface area (Å²) in [7, 11) is 1.78. The van der Waals surface area contributed by atoms with Crippen LogP contribution in [0, 0.1) is 0 Å². The minimum atomic E-state index is -0.0687. The van der Waals surface area contributed by atoms with E-state index in [-0.39, 0.29) is 5.41 Å². The molecule has 6 heteroatoms. The van der Waals surface area contributed by atoms with Crippen LogP contribution in [0.25, 0.3) is 17.2 Å². The smallest absolute Gasteiger partial charge is 0.232 e. The van der Waals surface area contributed by atoms with Crippen LogP contribution in [0.4, 0.5) is 0 Å². The van der Waals surface area contributed by atoms with E-state index in [9.17, 15) is 0 Å². The summed E-state index contributed by atoms with van der Waals surface area (Å²) >= 11 is 0. The van der Waals surface area contributed by atoms with E-state index >= 15 is 0 Å². The van der Waals surface area contributed by atoms with Gasteiger partial charge in [-0.2, -0.15) is 4.98 Å². The Morgan fingerprint density at radius 2 is 2.13 bits per heavy atom. The van der Waals surface area contributed by atoms with Crippen LogP contribution in [-0.2, 0) is 10.2 Å². The fourth-order valence-corrected chi connectivity index (χ4v) is 3.35. The molecule has 0 atom stereocenters. The number of pyridine rings is 1. The number of hydrogen-bond acceptors (Lipinski definition) is 5. The molecule has 0 radical (unpaired) electrons. The largest absolute Gasteiger partial charge is 0.381 e. The van der Waals surface area contributed by atoms with Gasteiger partial charge in [-0.3, -0.25) is 4.40 Å². The Kier molecular flexibility index (Phi) is 3.41. The van der Waals surface area contributed by atoms with E-state index < -0.39 is 0 Å². The van der Waals surface area contributed by atoms with Crippen molar-refractivity contribution < 1.29 is 9.26 Å². The van der Waals surface area contributed by atoms with Crippen LogP contribution in [0.15, 0.2) is 35.1 Å². The average Bonchev–Trinajstić information content (AvgIpc) is 3.22. The summed E-state index contributed by atoms with van der Waals surface area (Å²) in [5, 5.41) is 4.19. The molecule has 4 rings (SSSR count). The molecule has 3 heterocycles. The lowest BCUT2D eigenvalue weighted by Crippen LogP contribution is -2.31. The molecule has 23 heavy (non-hydrogen) atoms. The SMILES string of the molecule is COC1CCC(C)(c2nc(-c3cnc4ccccn34)no2)CC1. The maximum Gasteiger partial charge on any atom is 0.232 e. The van der Waals surface area contributed by atoms with Gasteiger partial charge < -0.3 is 9.26 Å². The highest BCUT2D eigenvalue weighted by molar-refractivity contribution is 5.56. The van der Waals surface area contributed by atoms with E-state index in [0.29, 0.717) is 17.8 Å². The van der Waals surface area contributed by atoms with Gasteiger partial charge in [-0.1, -0.05) is 18.1 Å². The van der Waals surface area contributed by atoms with E-state index in [1.54, 1.807) is 13.3 Å². The number of nitrogens with zero attached hydrogens (tertiary/aromatic N) is 4. The third kappa shape index (κ3) is 2.43. The third-order valence-electron chi connectivity index (χ3n) is 4.96. The van der Waals surface area contributed by atoms with Gasteiger partial charge in [0.05, 0.1) is 12.3 Å². The molecule has 0 amide bonds. The highest BCUT2D eigenvalue weighted by Gasteiger charge is 2.37. The van der Waals surface area contributed by atoms with Gasteiger partial charge >= 0.3 is 0 Å². The first-order chi connectivity index (χ1) is 11.2. The molecule has 1 aliphatic rings. The summed E-state index contributed by atoms with van der Waals surface area (Å²) in [6, 6.07) is 5.88. The normalized spacial score (nSPS) is 25.0. The summed E-state index contributed by atoms with van der Waals surface area (Å²) in [5.41, 5.74) is 1.66. The van der Waals surface area contributed by atoms with Gasteiger partial charge in [0.1, 0.15) is 11.3 Å². The van der Waals surface area contributed by atoms with E-state index in [0.717, 1.165) is 37.0 Å². The average molecular weight is 312 g/mol. The number of fused-ring (bicyclic) bond motifs is 1. The van der Waals surface area contributed by atoms with Crippen molar-refractivity contribution in [1.82, 2.24) is 19.5 Å². The molecule has 0 N–H and O–H groups in total. The Hall–Kier alpha value is -2.21. The summed E-state index contributed by atoms with van der Waals surface area (Å²) in [5.74, 6) is 1.31. The van der Waals surface area contributed by atoms with Gasteiger partial charge in [0, 0.05) is 18.7 Å². The van der Waals surface area contributed by atoms with Crippen molar-refractivity contribution in [3.8, 4) is 11.5 Å². The lowest BCUT2D eigenvalue weighted by Gasteiger charge is -2.33. The Morgan fingerprint density at radius 1 is 1.30 bits per heavy atom. The second kappa shape index (κ2) is 5.45. The highest BCUT2D eigenvalue weighted by atomic mass is 16.5. The summed E-state index contributed by atoms with van der Waals surface area (Å²) < 4.78 is 13.0. The second-order valence-electron chi connectivity index (χ2n) is 6.49. The summed E-state index contributed by atoms with van der Waals surface area (Å²) in [6.45, 7) is 2.20. The first kappa shape index (κ1) is 14.4. The number of imidazole rings is 1. The molecule has 120 valence electrons. The molecule has 3 aromatic heterocycles. The van der Waals surface area contributed by atoms with E-state index in [2.05, 4.69) is 22.0 Å². The Labute approximate surface area is 134 Å². The molecular formula is C17H20N4O2. The third-order valence-corrected chi connectivity index (χ3v) is 4.96. The van der Waals surface area contributed by atoms with Crippen LogP contribution in [-0.4, -0.2) is 32.7 Å². The lowest BCUT2D eigenvalue weighted by molar-refractivity contribution is 0.0452. The van der Waals surface area contributed by atoms with E-state index in [1.807, 2.05) is 28.8 Å². The van der Waals surface area contributed by atoms with Crippen molar-refractivity contribution >= 4 is 5.65 Å². The van der Waals surface area contributed by atoms with Crippen molar-refractivity contribution in [1.29, 1.82) is 0 Å². The van der Waals surface area contributed by atoms with Crippen molar-refractivity contribution in [2.75, 3.05) is 7.11 Å². The lowest BCUT2D eigenvalue weighted by atomic mass is 9.74. The molecule has 0 aliphatic heterocycles. The second-order valence-corrected chi connectivity index (χ2v) is 6.49. The molecule has 0 spiro atoms. The number of aromatic nitrogens is 4. The van der Waals surface area contributed by atoms with Crippen LogP contribution >= 0.6 is 0 Å². The molecule has 1 fully saturated rings. The van der Waals surface area contributed by atoms with Gasteiger partial charge in [-0.15, -0.1) is 0 Å². The number of hydrogen-bond donors (Lipinski definition) is 0. The van der Waals surface area contributed by atoms with Gasteiger partial charge in [0.25, 0.3) is 0 Å². The molecule has 3 aromatic rings. The zero-order chi connectivity index (χ0) is 15.9. The molecule has 0 unspecified atom stereocenters. The van der Waals surface area contributed by atoms with Crippen molar-refractivity contribution in [3.05, 3.63) is 36.5 Å². The fourth-order valence-electron chi connectivity index (χ4n) is 3.35. The van der Waals surface area contributed by atoms with Crippen LogP contribution < -0.4 is 0 Å². The molecule has 1 saturated carbocycles. The maximum atomic E-state index is 5.61. The molecular weight excluding hydrogens is 292 g/mol. The Morgan fingerprint density at radius 3 is 2.91 bits per heavy atom. The zero-order valence-corrected chi connectivity index (χ0v) is 13.4. The quantitative estimate of drug-likeness (QED) is 0.743. The predicted octanol–water partition coefficient (Wildman–Crippen LogP) is 3.23. The van der Waals surface area contributed by atoms with Gasteiger partial charge in [0.15, 0.2) is 0 Å². The number of ether oxygens (including phenoxy) is 1. The Balaban J connectivity index is 1.64. The van der Waals surface area contributed by atoms with Gasteiger partial charge in [-0.25, -0.2) is 4.98 Å². The van der Waals surface area contributed by atoms with E-state index in [4.69, 9.17) is 9.26 Å². The summed E-state index contributed by atoms with van der Waals surface area (Å²) in [6.07, 6.45) is 8.15. The van der Waals surface area contributed by atoms with Crippen LogP contribution in [0.5, 0.6) is 0 Å². The van der Waals surface area contributed by atoms with Crippen LogP contribution in [0.2, 0.25) is 0 Å². The van der Waals surface area contributed by atoms with E-state index in [1.165, 1.54) is 0 Å². The first-order valence-corrected chi connectivity index (χ1v) is 7.99. The predicted molar refractivity (Wildman–Crippen MR) is 85.1 cm³/mol. The molecule has 0 bridgehead atoms. The highest BCUT2D eigenvalue weighted by Crippen LogP contribution is 2.39. The monoisotopic (exact) mass is 312 g/mol. The summed E-state index contributed by atoms with van der Waals surface area (Å²) in [4.78, 5) is 9.05. The van der Waals surface area contributed by atoms with Gasteiger partial charge in [-0.05, 0) is 37.8 Å². The number of methoxy groups -OCH3 is 1. The zero-order valence-electron chi connectivity index (χ0n) is 13.4. The molecule has 0 aromatic carbocycles. The van der Waals surface area contributed by atoms with Gasteiger partial charge in [0.2, 0.25) is 11.7 Å². The molecule has 6 nitrogen and oxygen atoms in total. The fraction of sp³-hybridized carbons (Fsp3) is 0.471. The van der Waals surface area contributed by atoms with Crippen molar-refractivity contribution in [2.24, 2.45) is 0 Å². The topological polar surface area (TPSA) is 65.5 Å². The first-order valence-electron chi connectivity index (χ1n) is 7.99. The van der Waals surface area contributed by atoms with Crippen LogP contribution in [0.3, 0.4) is 0 Å². The van der Waals surface area contributed by atoms with Crippen molar-refractivity contribution in [3.63, 3.8) is 0 Å². The maximum absolute atomic E-state index is 5.61. The number of rotatable bonds is 3. The minimum absolute atomic E-state index is 0.0687. The standard InChI is InChI=1S/C17H20N4O2/c1-17(8-6-12(22-2)7-9-17)16-19-15(20-23-16)13-11-18-14-5-3-4-10-21(13)14/h3-5,10-12H,6-9H2,1-2H3. The Bertz CT molecular complexity index is 815.